The van der Waals surface area contributed by atoms with Gasteiger partial charge >= 0.3 is 5.97 Å². The van der Waals surface area contributed by atoms with Crippen LogP contribution in [0.25, 0.3) is 0 Å². The number of esters is 1. The Morgan fingerprint density at radius 1 is 1.00 bits per heavy atom. The third-order valence-corrected chi connectivity index (χ3v) is 6.54. The van der Waals surface area contributed by atoms with Crippen LogP contribution >= 0.6 is 0 Å². The number of nitrogens with zero attached hydrogens (tertiary/aromatic N) is 2. The SMILES string of the molecule is O=C(CCc1ccco1)OCC(=O)N1CCN(S(=O)(=O)Cc2ccccc2)CC1. The fourth-order valence-electron chi connectivity index (χ4n) is 3.08. The molecule has 2 aromatic rings. The maximum atomic E-state index is 12.6. The van der Waals surface area contributed by atoms with E-state index in [2.05, 4.69) is 0 Å². The van der Waals surface area contributed by atoms with Crippen molar-refractivity contribution in [3.63, 3.8) is 0 Å². The molecule has 1 aliphatic rings. The van der Waals surface area contributed by atoms with E-state index in [-0.39, 0.29) is 50.9 Å². The van der Waals surface area contributed by atoms with Gasteiger partial charge in [-0.2, -0.15) is 4.31 Å². The molecule has 1 saturated heterocycles. The second-order valence-corrected chi connectivity index (χ2v) is 8.73. The first-order valence-electron chi connectivity index (χ1n) is 9.41. The summed E-state index contributed by atoms with van der Waals surface area (Å²) >= 11 is 0. The van der Waals surface area contributed by atoms with Crippen LogP contribution in [0, 0.1) is 0 Å². The van der Waals surface area contributed by atoms with Gasteiger partial charge in [0.1, 0.15) is 5.76 Å². The van der Waals surface area contributed by atoms with Gasteiger partial charge in [0.15, 0.2) is 6.61 Å². The van der Waals surface area contributed by atoms with Gasteiger partial charge in [0.05, 0.1) is 18.4 Å². The highest BCUT2D eigenvalue weighted by Crippen LogP contribution is 2.14. The predicted octanol–water partition coefficient (Wildman–Crippen LogP) is 1.43. The van der Waals surface area contributed by atoms with Crippen molar-refractivity contribution in [1.82, 2.24) is 9.21 Å². The van der Waals surface area contributed by atoms with E-state index in [1.165, 1.54) is 15.5 Å². The molecule has 0 N–H and O–H groups in total. The number of carbonyl (C=O) groups excluding carboxylic acids is 2. The smallest absolute Gasteiger partial charge is 0.306 e. The van der Waals surface area contributed by atoms with Gasteiger partial charge in [0.25, 0.3) is 5.91 Å². The lowest BCUT2D eigenvalue weighted by molar-refractivity contribution is -0.152. The number of amides is 1. The van der Waals surface area contributed by atoms with Crippen LogP contribution in [0.4, 0.5) is 0 Å². The average Bonchev–Trinajstić information content (AvgIpc) is 3.25. The highest BCUT2D eigenvalue weighted by molar-refractivity contribution is 7.88. The highest BCUT2D eigenvalue weighted by Gasteiger charge is 2.29. The van der Waals surface area contributed by atoms with Crippen LogP contribution < -0.4 is 0 Å². The average molecular weight is 420 g/mol. The molecule has 8 nitrogen and oxygen atoms in total. The molecule has 0 bridgehead atoms. The Kier molecular flexibility index (Phi) is 7.05. The predicted molar refractivity (Wildman–Crippen MR) is 105 cm³/mol. The lowest BCUT2D eigenvalue weighted by Crippen LogP contribution is -2.51. The van der Waals surface area contributed by atoms with Crippen molar-refractivity contribution >= 4 is 21.9 Å². The van der Waals surface area contributed by atoms with E-state index in [1.807, 2.05) is 6.07 Å². The maximum Gasteiger partial charge on any atom is 0.306 e. The van der Waals surface area contributed by atoms with Gasteiger partial charge in [-0.3, -0.25) is 9.59 Å². The summed E-state index contributed by atoms with van der Waals surface area (Å²) < 4.78 is 36.7. The third kappa shape index (κ3) is 6.16. The molecule has 1 amide bonds. The molecule has 1 aromatic heterocycles. The zero-order chi connectivity index (χ0) is 20.7. The summed E-state index contributed by atoms with van der Waals surface area (Å²) in [5.41, 5.74) is 0.729. The van der Waals surface area contributed by atoms with Crippen molar-refractivity contribution in [2.75, 3.05) is 32.8 Å². The molecule has 1 aliphatic heterocycles. The minimum Gasteiger partial charge on any atom is -0.469 e. The Morgan fingerprint density at radius 2 is 1.72 bits per heavy atom. The largest absolute Gasteiger partial charge is 0.469 e. The molecule has 0 radical (unpaired) electrons. The molecule has 0 aliphatic carbocycles. The quantitative estimate of drug-likeness (QED) is 0.600. The number of hydrogen-bond acceptors (Lipinski definition) is 6. The maximum absolute atomic E-state index is 12.6. The minimum absolute atomic E-state index is 0.0604. The number of sulfonamides is 1. The number of hydrogen-bond donors (Lipinski definition) is 0. The highest BCUT2D eigenvalue weighted by atomic mass is 32.2. The van der Waals surface area contributed by atoms with E-state index >= 15 is 0 Å². The van der Waals surface area contributed by atoms with Crippen LogP contribution in [0.15, 0.2) is 53.1 Å². The Bertz CT molecular complexity index is 904. The minimum atomic E-state index is -3.44. The van der Waals surface area contributed by atoms with Crippen molar-refractivity contribution in [3.05, 3.63) is 60.1 Å². The summed E-state index contributed by atoms with van der Waals surface area (Å²) in [6.45, 7) is 0.669. The van der Waals surface area contributed by atoms with Gasteiger partial charge in [0, 0.05) is 32.6 Å². The van der Waals surface area contributed by atoms with Crippen LogP contribution in [0.1, 0.15) is 17.7 Å². The normalized spacial score (nSPS) is 15.2. The number of ether oxygens (including phenoxy) is 1. The monoisotopic (exact) mass is 420 g/mol. The first-order valence-corrected chi connectivity index (χ1v) is 11.0. The van der Waals surface area contributed by atoms with E-state index in [9.17, 15) is 18.0 Å². The first-order chi connectivity index (χ1) is 13.9. The Morgan fingerprint density at radius 3 is 2.38 bits per heavy atom. The van der Waals surface area contributed by atoms with Crippen LogP contribution in [0.2, 0.25) is 0 Å². The van der Waals surface area contributed by atoms with Gasteiger partial charge in [-0.05, 0) is 17.7 Å². The molecule has 0 saturated carbocycles. The summed E-state index contributed by atoms with van der Waals surface area (Å²) in [5, 5.41) is 0. The number of aryl methyl sites for hydroxylation is 1. The number of rotatable bonds is 8. The number of furan rings is 1. The molecule has 29 heavy (non-hydrogen) atoms. The van der Waals surface area contributed by atoms with Crippen molar-refractivity contribution in [2.45, 2.75) is 18.6 Å². The number of piperazine rings is 1. The molecular weight excluding hydrogens is 396 g/mol. The van der Waals surface area contributed by atoms with Gasteiger partial charge in [0.2, 0.25) is 10.0 Å². The van der Waals surface area contributed by atoms with Crippen molar-refractivity contribution in [1.29, 1.82) is 0 Å². The van der Waals surface area contributed by atoms with Gasteiger partial charge < -0.3 is 14.1 Å². The summed E-state index contributed by atoms with van der Waals surface area (Å²) in [6, 6.07) is 12.5. The molecular formula is C20H24N2O6S. The molecule has 2 heterocycles. The van der Waals surface area contributed by atoms with E-state index in [0.717, 1.165) is 5.56 Å². The third-order valence-electron chi connectivity index (χ3n) is 4.69. The lowest BCUT2D eigenvalue weighted by atomic mass is 10.2. The van der Waals surface area contributed by atoms with Gasteiger partial charge in [-0.15, -0.1) is 0 Å². The summed E-state index contributed by atoms with van der Waals surface area (Å²) in [4.78, 5) is 25.5. The fraction of sp³-hybridized carbons (Fsp3) is 0.400. The van der Waals surface area contributed by atoms with Crippen molar-refractivity contribution < 1.29 is 27.2 Å². The molecule has 1 aromatic carbocycles. The fourth-order valence-corrected chi connectivity index (χ4v) is 4.59. The first kappa shape index (κ1) is 21.1. The zero-order valence-electron chi connectivity index (χ0n) is 16.0. The molecule has 0 atom stereocenters. The van der Waals surface area contributed by atoms with E-state index < -0.39 is 16.0 Å². The van der Waals surface area contributed by atoms with Gasteiger partial charge in [-0.25, -0.2) is 8.42 Å². The molecule has 0 spiro atoms. The zero-order valence-corrected chi connectivity index (χ0v) is 16.8. The second-order valence-electron chi connectivity index (χ2n) is 6.76. The Hall–Kier alpha value is -2.65. The summed E-state index contributed by atoms with van der Waals surface area (Å²) in [6.07, 6.45) is 2.08. The molecule has 9 heteroatoms. The van der Waals surface area contributed by atoms with Crippen LogP contribution in [0.3, 0.4) is 0 Å². The van der Waals surface area contributed by atoms with Crippen molar-refractivity contribution in [3.8, 4) is 0 Å². The van der Waals surface area contributed by atoms with Crippen LogP contribution in [0.5, 0.6) is 0 Å². The molecule has 0 unspecified atom stereocenters. The summed E-state index contributed by atoms with van der Waals surface area (Å²) in [5.74, 6) is -0.175. The van der Waals surface area contributed by atoms with Gasteiger partial charge in [-0.1, -0.05) is 30.3 Å². The molecule has 156 valence electrons. The standard InChI is InChI=1S/C20H24N2O6S/c23-19(15-28-20(24)9-8-18-7-4-14-27-18)21-10-12-22(13-11-21)29(25,26)16-17-5-2-1-3-6-17/h1-7,14H,8-13,15-16H2. The van der Waals surface area contributed by atoms with Crippen LogP contribution in [-0.4, -0.2) is 62.3 Å². The van der Waals surface area contributed by atoms with Crippen molar-refractivity contribution in [2.24, 2.45) is 0 Å². The number of benzene rings is 1. The second kappa shape index (κ2) is 9.71. The lowest BCUT2D eigenvalue weighted by Gasteiger charge is -2.33. The van der Waals surface area contributed by atoms with E-state index in [4.69, 9.17) is 9.15 Å². The Labute approximate surface area is 170 Å². The van der Waals surface area contributed by atoms with Crippen LogP contribution in [-0.2, 0) is 36.5 Å². The van der Waals surface area contributed by atoms with E-state index in [1.54, 1.807) is 36.4 Å². The summed E-state index contributed by atoms with van der Waals surface area (Å²) in [7, 11) is -3.44. The molecule has 3 rings (SSSR count). The Balaban J connectivity index is 1.40. The topological polar surface area (TPSA) is 97.1 Å². The van der Waals surface area contributed by atoms with E-state index in [0.29, 0.717) is 12.2 Å². The number of carbonyl (C=O) groups is 2. The molecule has 1 fully saturated rings.